The topological polar surface area (TPSA) is 32.3 Å². The van der Waals surface area contributed by atoms with Crippen molar-refractivity contribution in [1.29, 1.82) is 0 Å². The minimum atomic E-state index is -0.0843. The van der Waals surface area contributed by atoms with Crippen LogP contribution in [0.15, 0.2) is 42.5 Å². The molecule has 0 bridgehead atoms. The van der Waals surface area contributed by atoms with Crippen LogP contribution in [0.5, 0.6) is 0 Å². The summed E-state index contributed by atoms with van der Waals surface area (Å²) < 4.78 is 0. The molecule has 2 aromatic rings. The Bertz CT molecular complexity index is 667. The van der Waals surface area contributed by atoms with E-state index in [1.54, 1.807) is 18.2 Å². The molecule has 0 unspecified atom stereocenters. The molecule has 23 heavy (non-hydrogen) atoms. The van der Waals surface area contributed by atoms with Crippen molar-refractivity contribution in [1.82, 2.24) is 0 Å². The Morgan fingerprint density at radius 3 is 2.22 bits per heavy atom. The van der Waals surface area contributed by atoms with Crippen molar-refractivity contribution < 1.29 is 4.79 Å². The monoisotopic (exact) mass is 350 g/mol. The Morgan fingerprint density at radius 2 is 1.65 bits per heavy atom. The van der Waals surface area contributed by atoms with Gasteiger partial charge in [0.25, 0.3) is 0 Å². The molecule has 2 rings (SSSR count). The first-order chi connectivity index (χ1) is 11.0. The summed E-state index contributed by atoms with van der Waals surface area (Å²) in [7, 11) is 0. The second-order valence-corrected chi connectivity index (χ2v) is 6.01. The number of anilines is 2. The summed E-state index contributed by atoms with van der Waals surface area (Å²) in [6.45, 7) is 6.16. The third-order valence-corrected chi connectivity index (χ3v) is 4.37. The molecular formula is C18H20Cl2N2O. The van der Waals surface area contributed by atoms with E-state index in [9.17, 15) is 4.79 Å². The quantitative estimate of drug-likeness (QED) is 0.792. The van der Waals surface area contributed by atoms with Crippen LogP contribution in [-0.2, 0) is 11.2 Å². The number of amides is 1. The van der Waals surface area contributed by atoms with E-state index >= 15 is 0 Å². The molecule has 0 aliphatic carbocycles. The maximum Gasteiger partial charge on any atom is 0.228 e. The largest absolute Gasteiger partial charge is 0.372 e. The van der Waals surface area contributed by atoms with Crippen LogP contribution in [-0.4, -0.2) is 19.0 Å². The molecule has 0 radical (unpaired) electrons. The highest BCUT2D eigenvalue weighted by Crippen LogP contribution is 2.23. The molecule has 0 aliphatic rings. The molecule has 0 spiro atoms. The molecule has 0 aliphatic heterocycles. The number of halogens is 2. The molecule has 0 saturated carbocycles. The highest BCUT2D eigenvalue weighted by molar-refractivity contribution is 6.42. The van der Waals surface area contributed by atoms with Crippen molar-refractivity contribution >= 4 is 40.5 Å². The molecule has 1 amide bonds. The molecule has 0 aromatic heterocycles. The van der Waals surface area contributed by atoms with Crippen molar-refractivity contribution in [2.45, 2.75) is 20.3 Å². The number of hydrogen-bond acceptors (Lipinski definition) is 2. The van der Waals surface area contributed by atoms with Crippen molar-refractivity contribution in [2.24, 2.45) is 0 Å². The minimum absolute atomic E-state index is 0.0843. The van der Waals surface area contributed by atoms with E-state index in [4.69, 9.17) is 23.2 Å². The van der Waals surface area contributed by atoms with Crippen LogP contribution >= 0.6 is 23.2 Å². The summed E-state index contributed by atoms with van der Waals surface area (Å²) in [5, 5.41) is 3.84. The molecular weight excluding hydrogens is 331 g/mol. The predicted octanol–water partition coefficient (Wildman–Crippen LogP) is 5.02. The second-order valence-electron chi connectivity index (χ2n) is 5.19. The van der Waals surface area contributed by atoms with E-state index in [2.05, 4.69) is 24.1 Å². The summed E-state index contributed by atoms with van der Waals surface area (Å²) in [6.07, 6.45) is 0.259. The van der Waals surface area contributed by atoms with Crippen LogP contribution in [0.4, 0.5) is 11.4 Å². The van der Waals surface area contributed by atoms with Gasteiger partial charge in [-0.2, -0.15) is 0 Å². The predicted molar refractivity (Wildman–Crippen MR) is 98.8 cm³/mol. The number of nitrogens with zero attached hydrogens (tertiary/aromatic N) is 1. The molecule has 0 fully saturated rings. The molecule has 122 valence electrons. The summed E-state index contributed by atoms with van der Waals surface area (Å²) in [6, 6.07) is 13.1. The lowest BCUT2D eigenvalue weighted by atomic mass is 10.1. The van der Waals surface area contributed by atoms with Crippen LogP contribution in [0.2, 0.25) is 10.0 Å². The molecule has 0 saturated heterocycles. The van der Waals surface area contributed by atoms with Gasteiger partial charge in [-0.25, -0.2) is 0 Å². The number of carbonyl (C=O) groups is 1. The Labute approximate surface area is 147 Å². The lowest BCUT2D eigenvalue weighted by Crippen LogP contribution is -2.21. The maximum atomic E-state index is 12.1. The van der Waals surface area contributed by atoms with Gasteiger partial charge >= 0.3 is 0 Å². The van der Waals surface area contributed by atoms with Crippen molar-refractivity contribution in [3.05, 3.63) is 58.1 Å². The van der Waals surface area contributed by atoms with Crippen molar-refractivity contribution in [3.8, 4) is 0 Å². The van der Waals surface area contributed by atoms with Crippen molar-refractivity contribution in [3.63, 3.8) is 0 Å². The SMILES string of the molecule is CCN(CC)c1ccc(NC(=O)Cc2ccc(Cl)c(Cl)c2)cc1. The van der Waals surface area contributed by atoms with Gasteiger partial charge < -0.3 is 10.2 Å². The average molecular weight is 351 g/mol. The summed E-state index contributed by atoms with van der Waals surface area (Å²) in [4.78, 5) is 14.4. The second kappa shape index (κ2) is 8.23. The first kappa shape index (κ1) is 17.6. The highest BCUT2D eigenvalue weighted by Gasteiger charge is 2.07. The van der Waals surface area contributed by atoms with Gasteiger partial charge in [0, 0.05) is 24.5 Å². The zero-order valence-electron chi connectivity index (χ0n) is 13.3. The van der Waals surface area contributed by atoms with Crippen LogP contribution in [0.1, 0.15) is 19.4 Å². The molecule has 3 nitrogen and oxygen atoms in total. The van der Waals surface area contributed by atoms with Crippen LogP contribution in [0.3, 0.4) is 0 Å². The van der Waals surface area contributed by atoms with E-state index in [1.807, 2.05) is 24.3 Å². The average Bonchev–Trinajstić information content (AvgIpc) is 2.53. The number of nitrogens with one attached hydrogen (secondary N) is 1. The zero-order valence-corrected chi connectivity index (χ0v) is 14.8. The maximum absolute atomic E-state index is 12.1. The smallest absolute Gasteiger partial charge is 0.228 e. The van der Waals surface area contributed by atoms with Gasteiger partial charge in [-0.05, 0) is 55.8 Å². The normalized spacial score (nSPS) is 10.4. The van der Waals surface area contributed by atoms with Crippen LogP contribution in [0.25, 0.3) is 0 Å². The van der Waals surface area contributed by atoms with Gasteiger partial charge in [0.05, 0.1) is 16.5 Å². The summed E-state index contributed by atoms with van der Waals surface area (Å²) >= 11 is 11.8. The molecule has 0 heterocycles. The van der Waals surface area contributed by atoms with Gasteiger partial charge in [0.1, 0.15) is 0 Å². The fraction of sp³-hybridized carbons (Fsp3) is 0.278. The first-order valence-corrected chi connectivity index (χ1v) is 8.37. The highest BCUT2D eigenvalue weighted by atomic mass is 35.5. The molecule has 1 N–H and O–H groups in total. The van der Waals surface area contributed by atoms with E-state index in [0.29, 0.717) is 10.0 Å². The summed E-state index contributed by atoms with van der Waals surface area (Å²) in [5.41, 5.74) is 2.76. The molecule has 0 atom stereocenters. The number of hydrogen-bond donors (Lipinski definition) is 1. The van der Waals surface area contributed by atoms with E-state index in [-0.39, 0.29) is 12.3 Å². The first-order valence-electron chi connectivity index (χ1n) is 7.62. The number of carbonyl (C=O) groups excluding carboxylic acids is 1. The Morgan fingerprint density at radius 1 is 1.00 bits per heavy atom. The Hall–Kier alpha value is -1.71. The fourth-order valence-corrected chi connectivity index (χ4v) is 2.71. The van der Waals surface area contributed by atoms with Gasteiger partial charge in [-0.3, -0.25) is 4.79 Å². The van der Waals surface area contributed by atoms with Crippen LogP contribution in [0, 0.1) is 0 Å². The van der Waals surface area contributed by atoms with Crippen LogP contribution < -0.4 is 10.2 Å². The Kier molecular flexibility index (Phi) is 6.31. The van der Waals surface area contributed by atoms with E-state index in [1.165, 1.54) is 0 Å². The fourth-order valence-electron chi connectivity index (χ4n) is 2.38. The molecule has 5 heteroatoms. The zero-order chi connectivity index (χ0) is 16.8. The Balaban J connectivity index is 1.98. The van der Waals surface area contributed by atoms with E-state index < -0.39 is 0 Å². The lowest BCUT2D eigenvalue weighted by Gasteiger charge is -2.21. The standard InChI is InChI=1S/C18H20Cl2N2O/c1-3-22(4-2)15-8-6-14(7-9-15)21-18(23)12-13-5-10-16(19)17(20)11-13/h5-11H,3-4,12H2,1-2H3,(H,21,23). The van der Waals surface area contributed by atoms with Gasteiger partial charge in [0.2, 0.25) is 5.91 Å². The lowest BCUT2D eigenvalue weighted by molar-refractivity contribution is -0.115. The van der Waals surface area contributed by atoms with E-state index in [0.717, 1.165) is 30.0 Å². The summed E-state index contributed by atoms with van der Waals surface area (Å²) in [5.74, 6) is -0.0843. The number of benzene rings is 2. The van der Waals surface area contributed by atoms with Gasteiger partial charge in [-0.15, -0.1) is 0 Å². The third-order valence-electron chi connectivity index (χ3n) is 3.63. The van der Waals surface area contributed by atoms with Gasteiger partial charge in [-0.1, -0.05) is 29.3 Å². The molecule has 2 aromatic carbocycles. The third kappa shape index (κ3) is 4.88. The van der Waals surface area contributed by atoms with Crippen molar-refractivity contribution in [2.75, 3.05) is 23.3 Å². The number of rotatable bonds is 6. The minimum Gasteiger partial charge on any atom is -0.372 e. The van der Waals surface area contributed by atoms with Gasteiger partial charge in [0.15, 0.2) is 0 Å².